The van der Waals surface area contributed by atoms with E-state index in [4.69, 9.17) is 5.11 Å². The van der Waals surface area contributed by atoms with Crippen LogP contribution in [0.25, 0.3) is 0 Å². The van der Waals surface area contributed by atoms with Crippen LogP contribution in [-0.4, -0.2) is 11.7 Å². The Morgan fingerprint density at radius 1 is 1.14 bits per heavy atom. The largest absolute Gasteiger partial charge is 0.396 e. The molecule has 21 heavy (non-hydrogen) atoms. The van der Waals surface area contributed by atoms with Crippen LogP contribution < -0.4 is 5.32 Å². The molecule has 0 aromatic heterocycles. The van der Waals surface area contributed by atoms with E-state index in [1.54, 1.807) is 6.07 Å². The Labute approximate surface area is 125 Å². The maximum atomic E-state index is 13.9. The maximum absolute atomic E-state index is 13.9. The fourth-order valence-electron chi connectivity index (χ4n) is 2.46. The molecule has 0 saturated carbocycles. The van der Waals surface area contributed by atoms with Gasteiger partial charge in [0, 0.05) is 17.9 Å². The molecule has 0 fully saturated rings. The van der Waals surface area contributed by atoms with Crippen molar-refractivity contribution in [3.63, 3.8) is 0 Å². The summed E-state index contributed by atoms with van der Waals surface area (Å²) in [5, 5.41) is 12.3. The number of anilines is 1. The second kappa shape index (κ2) is 7.79. The van der Waals surface area contributed by atoms with Crippen LogP contribution in [0.15, 0.2) is 48.5 Å². The first-order valence-electron chi connectivity index (χ1n) is 7.45. The molecule has 1 unspecified atom stereocenters. The summed E-state index contributed by atoms with van der Waals surface area (Å²) in [5.74, 6) is -0.173. The van der Waals surface area contributed by atoms with Crippen LogP contribution in [0.4, 0.5) is 10.1 Å². The minimum Gasteiger partial charge on any atom is -0.396 e. The Hall–Kier alpha value is -1.87. The van der Waals surface area contributed by atoms with Gasteiger partial charge in [0.1, 0.15) is 5.82 Å². The van der Waals surface area contributed by atoms with E-state index in [1.165, 1.54) is 11.6 Å². The summed E-state index contributed by atoms with van der Waals surface area (Å²) < 4.78 is 13.9. The van der Waals surface area contributed by atoms with Gasteiger partial charge < -0.3 is 10.4 Å². The summed E-state index contributed by atoms with van der Waals surface area (Å²) >= 11 is 0. The van der Waals surface area contributed by atoms with E-state index in [0.717, 1.165) is 24.9 Å². The number of aryl methyl sites for hydroxylation is 1. The molecule has 2 aromatic rings. The van der Waals surface area contributed by atoms with E-state index in [9.17, 15) is 4.39 Å². The Morgan fingerprint density at radius 3 is 2.67 bits per heavy atom. The van der Waals surface area contributed by atoms with Gasteiger partial charge in [0.25, 0.3) is 0 Å². The molecule has 0 amide bonds. The van der Waals surface area contributed by atoms with Crippen molar-refractivity contribution >= 4 is 5.69 Å². The van der Waals surface area contributed by atoms with Crippen molar-refractivity contribution < 1.29 is 9.50 Å². The third kappa shape index (κ3) is 4.30. The molecular weight excluding hydrogens is 265 g/mol. The second-order valence-corrected chi connectivity index (χ2v) is 5.15. The van der Waals surface area contributed by atoms with E-state index in [0.29, 0.717) is 5.56 Å². The van der Waals surface area contributed by atoms with Crippen molar-refractivity contribution in [1.29, 1.82) is 0 Å². The van der Waals surface area contributed by atoms with E-state index < -0.39 is 0 Å². The molecule has 3 heteroatoms. The van der Waals surface area contributed by atoms with Gasteiger partial charge in [-0.2, -0.15) is 0 Å². The lowest BCUT2D eigenvalue weighted by atomic mass is 10.0. The average molecular weight is 287 g/mol. The summed E-state index contributed by atoms with van der Waals surface area (Å²) in [6.45, 7) is 2.24. The first-order chi connectivity index (χ1) is 10.2. The molecular formula is C18H22FNO. The lowest BCUT2D eigenvalue weighted by Crippen LogP contribution is -2.11. The van der Waals surface area contributed by atoms with Crippen molar-refractivity contribution in [1.82, 2.24) is 0 Å². The summed E-state index contributed by atoms with van der Waals surface area (Å²) in [4.78, 5) is 0. The third-order valence-electron chi connectivity index (χ3n) is 3.58. The topological polar surface area (TPSA) is 32.3 Å². The fourth-order valence-corrected chi connectivity index (χ4v) is 2.46. The zero-order valence-corrected chi connectivity index (χ0v) is 12.3. The van der Waals surface area contributed by atoms with Gasteiger partial charge in [-0.3, -0.25) is 0 Å². The van der Waals surface area contributed by atoms with Crippen molar-refractivity contribution in [2.45, 2.75) is 32.2 Å². The zero-order valence-electron chi connectivity index (χ0n) is 12.3. The van der Waals surface area contributed by atoms with E-state index >= 15 is 0 Å². The van der Waals surface area contributed by atoms with Crippen LogP contribution in [-0.2, 0) is 6.42 Å². The summed E-state index contributed by atoms with van der Waals surface area (Å²) in [7, 11) is 0. The number of hydrogen-bond donors (Lipinski definition) is 2. The Morgan fingerprint density at radius 2 is 1.95 bits per heavy atom. The molecule has 2 rings (SSSR count). The van der Waals surface area contributed by atoms with Crippen LogP contribution in [0.1, 0.15) is 36.9 Å². The first kappa shape index (κ1) is 15.5. The lowest BCUT2D eigenvalue weighted by molar-refractivity contribution is 0.288. The monoisotopic (exact) mass is 287 g/mol. The van der Waals surface area contributed by atoms with Crippen LogP contribution in [0, 0.1) is 5.82 Å². The Balaban J connectivity index is 2.13. The molecule has 0 aliphatic heterocycles. The SMILES string of the molecule is CCC(Nc1cccc(CCCO)c1)c1ccccc1F. The molecule has 1 atom stereocenters. The first-order valence-corrected chi connectivity index (χ1v) is 7.45. The van der Waals surface area contributed by atoms with Gasteiger partial charge in [0.2, 0.25) is 0 Å². The molecule has 2 nitrogen and oxygen atoms in total. The molecule has 2 N–H and O–H groups in total. The van der Waals surface area contributed by atoms with Crippen LogP contribution in [0.5, 0.6) is 0 Å². The number of halogens is 1. The molecule has 0 radical (unpaired) electrons. The molecule has 0 aliphatic carbocycles. The van der Waals surface area contributed by atoms with E-state index in [2.05, 4.69) is 11.4 Å². The van der Waals surface area contributed by atoms with Gasteiger partial charge in [-0.25, -0.2) is 4.39 Å². The van der Waals surface area contributed by atoms with Gasteiger partial charge in [0.15, 0.2) is 0 Å². The number of benzene rings is 2. The molecule has 0 saturated heterocycles. The molecule has 2 aromatic carbocycles. The quantitative estimate of drug-likeness (QED) is 0.795. The molecule has 0 heterocycles. The lowest BCUT2D eigenvalue weighted by Gasteiger charge is -2.20. The van der Waals surface area contributed by atoms with Crippen LogP contribution >= 0.6 is 0 Å². The van der Waals surface area contributed by atoms with E-state index in [-0.39, 0.29) is 18.5 Å². The highest BCUT2D eigenvalue weighted by Crippen LogP contribution is 2.25. The highest BCUT2D eigenvalue weighted by atomic mass is 19.1. The third-order valence-corrected chi connectivity index (χ3v) is 3.58. The predicted molar refractivity (Wildman–Crippen MR) is 84.9 cm³/mol. The normalized spacial score (nSPS) is 12.1. The minimum atomic E-state index is -0.173. The number of hydrogen-bond acceptors (Lipinski definition) is 2. The predicted octanol–water partition coefficient (Wildman–Crippen LogP) is 4.31. The van der Waals surface area contributed by atoms with Gasteiger partial charge in [-0.15, -0.1) is 0 Å². The minimum absolute atomic E-state index is 0.0423. The summed E-state index contributed by atoms with van der Waals surface area (Å²) in [6.07, 6.45) is 2.41. The van der Waals surface area contributed by atoms with Gasteiger partial charge in [-0.05, 0) is 43.0 Å². The zero-order chi connectivity index (χ0) is 15.1. The standard InChI is InChI=1S/C18H22FNO/c1-2-18(16-10-3-4-11-17(16)19)20-15-9-5-7-14(13-15)8-6-12-21/h3-5,7,9-11,13,18,20-21H,2,6,8,12H2,1H3. The number of nitrogens with one attached hydrogen (secondary N) is 1. The number of aliphatic hydroxyl groups is 1. The van der Waals surface area contributed by atoms with Crippen molar-refractivity contribution in [3.8, 4) is 0 Å². The fraction of sp³-hybridized carbons (Fsp3) is 0.333. The van der Waals surface area contributed by atoms with Gasteiger partial charge in [0.05, 0.1) is 6.04 Å². The van der Waals surface area contributed by atoms with E-state index in [1.807, 2.05) is 37.3 Å². The van der Waals surface area contributed by atoms with Crippen molar-refractivity contribution in [2.75, 3.05) is 11.9 Å². The number of aliphatic hydroxyl groups excluding tert-OH is 1. The van der Waals surface area contributed by atoms with Gasteiger partial charge in [-0.1, -0.05) is 37.3 Å². The summed E-state index contributed by atoms with van der Waals surface area (Å²) in [5.41, 5.74) is 2.86. The van der Waals surface area contributed by atoms with Crippen LogP contribution in [0.2, 0.25) is 0 Å². The smallest absolute Gasteiger partial charge is 0.128 e. The molecule has 0 bridgehead atoms. The highest BCUT2D eigenvalue weighted by Gasteiger charge is 2.13. The van der Waals surface area contributed by atoms with Crippen molar-refractivity contribution in [2.24, 2.45) is 0 Å². The Kier molecular flexibility index (Phi) is 5.76. The second-order valence-electron chi connectivity index (χ2n) is 5.15. The summed E-state index contributed by atoms with van der Waals surface area (Å²) in [6, 6.07) is 14.9. The Bertz CT molecular complexity index is 571. The van der Waals surface area contributed by atoms with Gasteiger partial charge >= 0.3 is 0 Å². The highest BCUT2D eigenvalue weighted by molar-refractivity contribution is 5.48. The average Bonchev–Trinajstić information content (AvgIpc) is 2.52. The molecule has 112 valence electrons. The van der Waals surface area contributed by atoms with Crippen molar-refractivity contribution in [3.05, 3.63) is 65.5 Å². The van der Waals surface area contributed by atoms with Crippen LogP contribution in [0.3, 0.4) is 0 Å². The maximum Gasteiger partial charge on any atom is 0.128 e. The number of rotatable bonds is 7. The molecule has 0 aliphatic rings. The molecule has 0 spiro atoms.